The second kappa shape index (κ2) is 5.16. The van der Waals surface area contributed by atoms with E-state index in [1.54, 1.807) is 24.3 Å². The van der Waals surface area contributed by atoms with Gasteiger partial charge in [-0.15, -0.1) is 10.2 Å². The fraction of sp³-hybridized carbons (Fsp3) is 0. The van der Waals surface area contributed by atoms with Crippen molar-refractivity contribution in [1.82, 2.24) is 10.2 Å². The summed E-state index contributed by atoms with van der Waals surface area (Å²) in [6.45, 7) is 0. The molecule has 0 aliphatic heterocycles. The van der Waals surface area contributed by atoms with Crippen molar-refractivity contribution in [2.45, 2.75) is 0 Å². The molecule has 0 atom stereocenters. The number of aromatic nitrogens is 2. The molecule has 0 aliphatic rings. The second-order valence-corrected chi connectivity index (χ2v) is 4.38. The lowest BCUT2D eigenvalue weighted by Gasteiger charge is -2.11. The van der Waals surface area contributed by atoms with Crippen molar-refractivity contribution < 1.29 is 14.3 Å². The van der Waals surface area contributed by atoms with Crippen LogP contribution in [0.5, 0.6) is 0 Å². The summed E-state index contributed by atoms with van der Waals surface area (Å²) in [6, 6.07) is 12.7. The highest BCUT2D eigenvalue weighted by molar-refractivity contribution is 6.03. The number of fused-ring (bicyclic) bond motifs is 1. The summed E-state index contributed by atoms with van der Waals surface area (Å²) in [7, 11) is 0. The molecule has 2 N–H and O–H groups in total. The summed E-state index contributed by atoms with van der Waals surface area (Å²) >= 11 is 0. The number of nitrogens with zero attached hydrogens (tertiary/aromatic N) is 2. The Morgan fingerprint density at radius 2 is 1.76 bits per heavy atom. The Bertz CT molecular complexity index is 819. The molecular weight excluding hydrogens is 273 g/mol. The molecule has 1 aromatic heterocycles. The average molecular weight is 283 g/mol. The zero-order valence-corrected chi connectivity index (χ0v) is 10.7. The molecule has 0 radical (unpaired) electrons. The van der Waals surface area contributed by atoms with E-state index in [4.69, 9.17) is 0 Å². The number of carboxylic acids is 1. The minimum absolute atomic E-state index is 0.182. The van der Waals surface area contributed by atoms with Crippen molar-refractivity contribution in [2.75, 3.05) is 5.32 Å². The quantitative estimate of drug-likeness (QED) is 0.772. The standard InChI is InChI=1S/C15H10FN3O2/c16-9-5-7-10(8-6-9)17-13-11-3-1-2-4-12(11)18-19-14(13)15(20)21/h1-8H,(H,17,18)(H,20,21). The van der Waals surface area contributed by atoms with Crippen LogP contribution in [0.3, 0.4) is 0 Å². The van der Waals surface area contributed by atoms with Crippen LogP contribution >= 0.6 is 0 Å². The molecule has 0 saturated carbocycles. The smallest absolute Gasteiger partial charge is 0.358 e. The van der Waals surface area contributed by atoms with E-state index in [0.29, 0.717) is 22.3 Å². The van der Waals surface area contributed by atoms with Crippen LogP contribution in [0.4, 0.5) is 15.8 Å². The monoisotopic (exact) mass is 283 g/mol. The molecule has 3 aromatic rings. The summed E-state index contributed by atoms with van der Waals surface area (Å²) in [5.74, 6) is -1.55. The van der Waals surface area contributed by atoms with Gasteiger partial charge in [-0.05, 0) is 30.3 Å². The van der Waals surface area contributed by atoms with Gasteiger partial charge in [0.25, 0.3) is 0 Å². The molecule has 3 rings (SSSR count). The van der Waals surface area contributed by atoms with E-state index < -0.39 is 5.97 Å². The van der Waals surface area contributed by atoms with Gasteiger partial charge in [0.1, 0.15) is 5.82 Å². The maximum absolute atomic E-state index is 12.9. The first-order chi connectivity index (χ1) is 10.1. The van der Waals surface area contributed by atoms with Crippen LogP contribution < -0.4 is 5.32 Å². The lowest BCUT2D eigenvalue weighted by Crippen LogP contribution is -2.08. The van der Waals surface area contributed by atoms with Gasteiger partial charge >= 0.3 is 5.97 Å². The summed E-state index contributed by atoms with van der Waals surface area (Å²) in [4.78, 5) is 11.3. The largest absolute Gasteiger partial charge is 0.476 e. The number of aromatic carboxylic acids is 1. The third-order valence-electron chi connectivity index (χ3n) is 2.98. The molecule has 5 nitrogen and oxygen atoms in total. The number of halogens is 1. The van der Waals surface area contributed by atoms with Crippen molar-refractivity contribution in [3.63, 3.8) is 0 Å². The topological polar surface area (TPSA) is 75.1 Å². The van der Waals surface area contributed by atoms with Crippen LogP contribution in [-0.2, 0) is 0 Å². The molecule has 0 bridgehead atoms. The molecule has 104 valence electrons. The predicted molar refractivity (Wildman–Crippen MR) is 76.2 cm³/mol. The zero-order chi connectivity index (χ0) is 14.8. The molecule has 2 aromatic carbocycles. The molecule has 1 heterocycles. The van der Waals surface area contributed by atoms with Gasteiger partial charge in [0, 0.05) is 11.1 Å². The van der Waals surface area contributed by atoms with E-state index in [-0.39, 0.29) is 11.5 Å². The van der Waals surface area contributed by atoms with Gasteiger partial charge in [0.05, 0.1) is 11.2 Å². The third-order valence-corrected chi connectivity index (χ3v) is 2.98. The van der Waals surface area contributed by atoms with Crippen molar-refractivity contribution in [1.29, 1.82) is 0 Å². The van der Waals surface area contributed by atoms with Crippen molar-refractivity contribution in [2.24, 2.45) is 0 Å². The van der Waals surface area contributed by atoms with Gasteiger partial charge in [-0.1, -0.05) is 18.2 Å². The Kier molecular flexibility index (Phi) is 3.19. The number of nitrogens with one attached hydrogen (secondary N) is 1. The lowest BCUT2D eigenvalue weighted by atomic mass is 10.1. The fourth-order valence-corrected chi connectivity index (χ4v) is 2.01. The first kappa shape index (κ1) is 13.0. The van der Waals surface area contributed by atoms with E-state index in [9.17, 15) is 14.3 Å². The van der Waals surface area contributed by atoms with Crippen LogP contribution in [-0.4, -0.2) is 21.3 Å². The van der Waals surface area contributed by atoms with Crippen LogP contribution in [0.2, 0.25) is 0 Å². The Morgan fingerprint density at radius 1 is 1.05 bits per heavy atom. The van der Waals surface area contributed by atoms with Gasteiger partial charge in [0.15, 0.2) is 5.69 Å². The molecule has 0 fully saturated rings. The average Bonchev–Trinajstić information content (AvgIpc) is 2.49. The van der Waals surface area contributed by atoms with Gasteiger partial charge in [0.2, 0.25) is 0 Å². The van der Waals surface area contributed by atoms with Gasteiger partial charge in [-0.25, -0.2) is 9.18 Å². The van der Waals surface area contributed by atoms with Crippen LogP contribution in [0, 0.1) is 5.82 Å². The van der Waals surface area contributed by atoms with Gasteiger partial charge in [-0.3, -0.25) is 0 Å². The second-order valence-electron chi connectivity index (χ2n) is 4.38. The van der Waals surface area contributed by atoms with Crippen molar-refractivity contribution in [3.8, 4) is 0 Å². The normalized spacial score (nSPS) is 10.5. The molecule has 0 unspecified atom stereocenters. The number of hydrogen-bond acceptors (Lipinski definition) is 4. The summed E-state index contributed by atoms with van der Waals surface area (Å²) in [6.07, 6.45) is 0. The first-order valence-electron chi connectivity index (χ1n) is 6.16. The maximum atomic E-state index is 12.9. The van der Waals surface area contributed by atoms with E-state index in [1.807, 2.05) is 0 Å². The summed E-state index contributed by atoms with van der Waals surface area (Å²) < 4.78 is 12.9. The Balaban J connectivity index is 2.16. The third kappa shape index (κ3) is 2.51. The van der Waals surface area contributed by atoms with Crippen LogP contribution in [0.1, 0.15) is 10.5 Å². The van der Waals surface area contributed by atoms with E-state index in [1.165, 1.54) is 24.3 Å². The van der Waals surface area contributed by atoms with E-state index >= 15 is 0 Å². The minimum Gasteiger partial charge on any atom is -0.476 e. The number of benzene rings is 2. The predicted octanol–water partition coefficient (Wildman–Crippen LogP) is 3.21. The highest BCUT2D eigenvalue weighted by Crippen LogP contribution is 2.27. The van der Waals surface area contributed by atoms with Crippen LogP contribution in [0.15, 0.2) is 48.5 Å². The van der Waals surface area contributed by atoms with Gasteiger partial charge < -0.3 is 10.4 Å². The van der Waals surface area contributed by atoms with Crippen molar-refractivity contribution >= 4 is 28.2 Å². The number of hydrogen-bond donors (Lipinski definition) is 2. The SMILES string of the molecule is O=C(O)c1nnc2ccccc2c1Nc1ccc(F)cc1. The maximum Gasteiger partial charge on any atom is 0.358 e. The first-order valence-corrected chi connectivity index (χ1v) is 6.16. The van der Waals surface area contributed by atoms with E-state index in [0.717, 1.165) is 0 Å². The molecule has 21 heavy (non-hydrogen) atoms. The zero-order valence-electron chi connectivity index (χ0n) is 10.7. The van der Waals surface area contributed by atoms with Crippen LogP contribution in [0.25, 0.3) is 10.9 Å². The molecular formula is C15H10FN3O2. The molecule has 0 amide bonds. The minimum atomic E-state index is -1.18. The van der Waals surface area contributed by atoms with Gasteiger partial charge in [-0.2, -0.15) is 0 Å². The Morgan fingerprint density at radius 3 is 2.48 bits per heavy atom. The Hall–Kier alpha value is -3.02. The Labute approximate surface area is 119 Å². The number of anilines is 2. The fourth-order valence-electron chi connectivity index (χ4n) is 2.01. The summed E-state index contributed by atoms with van der Waals surface area (Å²) in [5, 5.41) is 20.5. The lowest BCUT2D eigenvalue weighted by molar-refractivity contribution is 0.0690. The van der Waals surface area contributed by atoms with Crippen molar-refractivity contribution in [3.05, 3.63) is 60.0 Å². The molecule has 0 saturated heterocycles. The summed E-state index contributed by atoms with van der Waals surface area (Å²) in [5.41, 5.74) is 1.29. The highest BCUT2D eigenvalue weighted by Gasteiger charge is 2.16. The number of carbonyl (C=O) groups is 1. The molecule has 0 spiro atoms. The number of carboxylic acid groups (broad SMARTS) is 1. The van der Waals surface area contributed by atoms with E-state index in [2.05, 4.69) is 15.5 Å². The molecule has 0 aliphatic carbocycles. The highest BCUT2D eigenvalue weighted by atomic mass is 19.1. The number of rotatable bonds is 3. The molecule has 6 heteroatoms.